The summed E-state index contributed by atoms with van der Waals surface area (Å²) in [5, 5.41) is 3.21. The standard InChI is InChI=1S/C14H19N3OS/c1-11-16-12(10-19-11)9-17(2)7-8-18-14-6-4-3-5-13(14)15/h3-6,10H,7-9,15H2,1-2H3. The van der Waals surface area contributed by atoms with Gasteiger partial charge in [0.1, 0.15) is 12.4 Å². The van der Waals surface area contributed by atoms with Crippen molar-refractivity contribution in [2.24, 2.45) is 0 Å². The topological polar surface area (TPSA) is 51.4 Å². The minimum absolute atomic E-state index is 0.619. The number of nitrogens with two attached hydrogens (primary N) is 1. The van der Waals surface area contributed by atoms with Gasteiger partial charge in [-0.2, -0.15) is 0 Å². The molecule has 0 amide bonds. The maximum atomic E-state index is 5.82. The van der Waals surface area contributed by atoms with E-state index in [4.69, 9.17) is 10.5 Å². The van der Waals surface area contributed by atoms with E-state index in [9.17, 15) is 0 Å². The van der Waals surface area contributed by atoms with Gasteiger partial charge < -0.3 is 10.5 Å². The molecule has 0 aliphatic rings. The van der Waals surface area contributed by atoms with Gasteiger partial charge in [0, 0.05) is 18.5 Å². The highest BCUT2D eigenvalue weighted by atomic mass is 32.1. The third-order valence-corrected chi connectivity index (χ3v) is 3.57. The van der Waals surface area contributed by atoms with Crippen LogP contribution in [-0.2, 0) is 6.54 Å². The fraction of sp³-hybridized carbons (Fsp3) is 0.357. The molecular weight excluding hydrogens is 258 g/mol. The third kappa shape index (κ3) is 4.22. The Bertz CT molecular complexity index is 527. The number of benzene rings is 1. The molecule has 1 heterocycles. The van der Waals surface area contributed by atoms with Gasteiger partial charge in [-0.25, -0.2) is 4.98 Å². The fourth-order valence-electron chi connectivity index (χ4n) is 1.76. The lowest BCUT2D eigenvalue weighted by Gasteiger charge is -2.16. The molecule has 0 fully saturated rings. The molecule has 4 nitrogen and oxygen atoms in total. The molecule has 19 heavy (non-hydrogen) atoms. The minimum atomic E-state index is 0.619. The Balaban J connectivity index is 1.75. The molecule has 2 rings (SSSR count). The van der Waals surface area contributed by atoms with Gasteiger partial charge in [0.05, 0.1) is 16.4 Å². The third-order valence-electron chi connectivity index (χ3n) is 2.75. The second-order valence-corrected chi connectivity index (χ2v) is 5.54. The summed E-state index contributed by atoms with van der Waals surface area (Å²) < 4.78 is 5.67. The van der Waals surface area contributed by atoms with Crippen molar-refractivity contribution < 1.29 is 4.74 Å². The van der Waals surface area contributed by atoms with Crippen molar-refractivity contribution in [3.63, 3.8) is 0 Å². The molecule has 102 valence electrons. The summed E-state index contributed by atoms with van der Waals surface area (Å²) >= 11 is 1.68. The quantitative estimate of drug-likeness (QED) is 0.824. The minimum Gasteiger partial charge on any atom is -0.490 e. The van der Waals surface area contributed by atoms with Crippen molar-refractivity contribution >= 4 is 17.0 Å². The first-order valence-electron chi connectivity index (χ1n) is 6.22. The van der Waals surface area contributed by atoms with Gasteiger partial charge in [-0.3, -0.25) is 4.90 Å². The molecule has 1 aromatic heterocycles. The predicted octanol–water partition coefficient (Wildman–Crippen LogP) is 2.54. The summed E-state index contributed by atoms with van der Waals surface area (Å²) in [4.78, 5) is 6.64. The molecule has 0 spiro atoms. The molecule has 2 aromatic rings. The maximum Gasteiger partial charge on any atom is 0.142 e. The van der Waals surface area contributed by atoms with Crippen LogP contribution in [0, 0.1) is 6.92 Å². The molecule has 0 radical (unpaired) electrons. The van der Waals surface area contributed by atoms with Crippen LogP contribution in [0.5, 0.6) is 5.75 Å². The number of rotatable bonds is 6. The highest BCUT2D eigenvalue weighted by molar-refractivity contribution is 7.09. The summed E-state index contributed by atoms with van der Waals surface area (Å²) in [6.07, 6.45) is 0. The Labute approximate surface area is 117 Å². The Morgan fingerprint density at radius 2 is 2.16 bits per heavy atom. The molecule has 0 saturated carbocycles. The molecule has 2 N–H and O–H groups in total. The first kappa shape index (κ1) is 13.8. The number of thiazole rings is 1. The molecule has 0 saturated heterocycles. The summed E-state index contributed by atoms with van der Waals surface area (Å²) in [6.45, 7) is 4.33. The average molecular weight is 277 g/mol. The van der Waals surface area contributed by atoms with Crippen LogP contribution >= 0.6 is 11.3 Å². The van der Waals surface area contributed by atoms with Crippen LogP contribution < -0.4 is 10.5 Å². The van der Waals surface area contributed by atoms with Crippen LogP contribution in [0.1, 0.15) is 10.7 Å². The number of aromatic nitrogens is 1. The number of nitrogen functional groups attached to an aromatic ring is 1. The highest BCUT2D eigenvalue weighted by Gasteiger charge is 2.04. The monoisotopic (exact) mass is 277 g/mol. The molecule has 5 heteroatoms. The van der Waals surface area contributed by atoms with Crippen molar-refractivity contribution in [3.8, 4) is 5.75 Å². The van der Waals surface area contributed by atoms with Crippen molar-refractivity contribution in [2.45, 2.75) is 13.5 Å². The van der Waals surface area contributed by atoms with E-state index in [1.54, 1.807) is 11.3 Å². The number of aryl methyl sites for hydroxylation is 1. The highest BCUT2D eigenvalue weighted by Crippen LogP contribution is 2.19. The van der Waals surface area contributed by atoms with Crippen LogP contribution in [-0.4, -0.2) is 30.1 Å². The van der Waals surface area contributed by atoms with Crippen molar-refractivity contribution in [1.82, 2.24) is 9.88 Å². The van der Waals surface area contributed by atoms with Gasteiger partial charge in [-0.05, 0) is 26.1 Å². The van der Waals surface area contributed by atoms with Gasteiger partial charge in [0.15, 0.2) is 0 Å². The predicted molar refractivity (Wildman–Crippen MR) is 79.5 cm³/mol. The van der Waals surface area contributed by atoms with Crippen molar-refractivity contribution in [1.29, 1.82) is 0 Å². The van der Waals surface area contributed by atoms with Gasteiger partial charge in [-0.15, -0.1) is 11.3 Å². The molecule has 1 aromatic carbocycles. The largest absolute Gasteiger partial charge is 0.490 e. The van der Waals surface area contributed by atoms with Crippen LogP contribution in [0.4, 0.5) is 5.69 Å². The van der Waals surface area contributed by atoms with Crippen molar-refractivity contribution in [3.05, 3.63) is 40.3 Å². The lowest BCUT2D eigenvalue weighted by atomic mass is 10.3. The second-order valence-electron chi connectivity index (χ2n) is 4.48. The normalized spacial score (nSPS) is 10.9. The number of ether oxygens (including phenoxy) is 1. The van der Waals surface area contributed by atoms with E-state index in [1.807, 2.05) is 31.2 Å². The Morgan fingerprint density at radius 3 is 2.84 bits per heavy atom. The Morgan fingerprint density at radius 1 is 1.37 bits per heavy atom. The number of anilines is 1. The molecule has 0 unspecified atom stereocenters. The number of nitrogens with zero attached hydrogens (tertiary/aromatic N) is 2. The van der Waals surface area contributed by atoms with E-state index in [2.05, 4.69) is 22.3 Å². The second kappa shape index (κ2) is 6.54. The van der Waals surface area contributed by atoms with Crippen molar-refractivity contribution in [2.75, 3.05) is 25.9 Å². The Kier molecular flexibility index (Phi) is 4.76. The van der Waals surface area contributed by atoms with Crippen LogP contribution in [0.3, 0.4) is 0 Å². The fourth-order valence-corrected chi connectivity index (χ4v) is 2.36. The zero-order valence-corrected chi connectivity index (χ0v) is 12.1. The van der Waals surface area contributed by atoms with Gasteiger partial charge in [-0.1, -0.05) is 12.1 Å². The van der Waals surface area contributed by atoms with E-state index in [0.717, 1.165) is 29.5 Å². The van der Waals surface area contributed by atoms with E-state index in [1.165, 1.54) is 0 Å². The number of hydrogen-bond donors (Lipinski definition) is 1. The molecule has 0 aliphatic heterocycles. The van der Waals surface area contributed by atoms with Gasteiger partial charge in [0.2, 0.25) is 0 Å². The summed E-state index contributed by atoms with van der Waals surface area (Å²) in [5.74, 6) is 0.750. The summed E-state index contributed by atoms with van der Waals surface area (Å²) in [5.41, 5.74) is 7.61. The van der Waals surface area contributed by atoms with Crippen LogP contribution in [0.2, 0.25) is 0 Å². The SMILES string of the molecule is Cc1nc(CN(C)CCOc2ccccc2N)cs1. The first-order chi connectivity index (χ1) is 9.15. The van der Waals surface area contributed by atoms with E-state index < -0.39 is 0 Å². The van der Waals surface area contributed by atoms with E-state index in [-0.39, 0.29) is 0 Å². The lowest BCUT2D eigenvalue weighted by Crippen LogP contribution is -2.24. The summed E-state index contributed by atoms with van der Waals surface area (Å²) in [7, 11) is 2.06. The van der Waals surface area contributed by atoms with E-state index in [0.29, 0.717) is 12.3 Å². The first-order valence-corrected chi connectivity index (χ1v) is 7.10. The molecule has 0 atom stereocenters. The lowest BCUT2D eigenvalue weighted by molar-refractivity contribution is 0.232. The van der Waals surface area contributed by atoms with E-state index >= 15 is 0 Å². The maximum absolute atomic E-state index is 5.82. The number of para-hydroxylation sites is 2. The molecule has 0 aliphatic carbocycles. The van der Waals surface area contributed by atoms with Crippen LogP contribution in [0.15, 0.2) is 29.6 Å². The smallest absolute Gasteiger partial charge is 0.142 e. The average Bonchev–Trinajstić information content (AvgIpc) is 2.77. The van der Waals surface area contributed by atoms with Gasteiger partial charge >= 0.3 is 0 Å². The zero-order valence-electron chi connectivity index (χ0n) is 11.3. The zero-order chi connectivity index (χ0) is 13.7. The molecule has 0 bridgehead atoms. The summed E-state index contributed by atoms with van der Waals surface area (Å²) in [6, 6.07) is 7.56. The Hall–Kier alpha value is -1.59. The van der Waals surface area contributed by atoms with Crippen LogP contribution in [0.25, 0.3) is 0 Å². The number of likely N-dealkylation sites (N-methyl/N-ethyl adjacent to an activating group) is 1. The number of hydrogen-bond acceptors (Lipinski definition) is 5. The molecular formula is C14H19N3OS. The van der Waals surface area contributed by atoms with Gasteiger partial charge in [0.25, 0.3) is 0 Å².